The standard InChI is InChI=1S/C23H35NO4/c1-4-19(16-22(5-2)26-3)10-11-20-8-6-7-9-23(20)28-18-21(25)17-24-12-14-27-15-13-24/h4-5,8-9,16,21,25H,1,6-7,10-15,17-18H2,2-3H3/b19-16+,22-5+. The van der Waals surface area contributed by atoms with Crippen LogP contribution in [-0.4, -0.2) is 62.7 Å². The summed E-state index contributed by atoms with van der Waals surface area (Å²) in [5, 5.41) is 10.3. The second-order valence-electron chi connectivity index (χ2n) is 7.07. The number of ether oxygens (including phenoxy) is 3. The highest BCUT2D eigenvalue weighted by Crippen LogP contribution is 2.26. The van der Waals surface area contributed by atoms with Gasteiger partial charge in [0.2, 0.25) is 0 Å². The SMILES string of the molecule is C=C/C(=C\C(=C/C)OC)CCC1=CCCC=C1OCC(O)CN1CCOCC1. The highest BCUT2D eigenvalue weighted by molar-refractivity contribution is 5.32. The quantitative estimate of drug-likeness (QED) is 0.431. The van der Waals surface area contributed by atoms with Crippen molar-refractivity contribution in [3.63, 3.8) is 0 Å². The minimum Gasteiger partial charge on any atom is -0.497 e. The van der Waals surface area contributed by atoms with Crippen LogP contribution in [0.15, 0.2) is 59.6 Å². The van der Waals surface area contributed by atoms with Crippen molar-refractivity contribution in [2.75, 3.05) is 46.6 Å². The fourth-order valence-electron chi connectivity index (χ4n) is 3.36. The van der Waals surface area contributed by atoms with Crippen LogP contribution in [0.3, 0.4) is 0 Å². The molecule has 0 amide bonds. The Morgan fingerprint density at radius 3 is 2.75 bits per heavy atom. The third kappa shape index (κ3) is 7.66. The highest BCUT2D eigenvalue weighted by Gasteiger charge is 2.17. The zero-order valence-corrected chi connectivity index (χ0v) is 17.4. The second kappa shape index (κ2) is 12.6. The molecule has 28 heavy (non-hydrogen) atoms. The Morgan fingerprint density at radius 1 is 1.32 bits per heavy atom. The van der Waals surface area contributed by atoms with Crippen molar-refractivity contribution in [3.8, 4) is 0 Å². The lowest BCUT2D eigenvalue weighted by Crippen LogP contribution is -2.42. The van der Waals surface area contributed by atoms with Gasteiger partial charge < -0.3 is 19.3 Å². The molecule has 0 aromatic carbocycles. The molecule has 5 nitrogen and oxygen atoms in total. The summed E-state index contributed by atoms with van der Waals surface area (Å²) in [5.41, 5.74) is 2.34. The zero-order valence-electron chi connectivity index (χ0n) is 17.4. The lowest BCUT2D eigenvalue weighted by Gasteiger charge is -2.29. The molecule has 0 spiro atoms. The molecule has 1 atom stereocenters. The van der Waals surface area contributed by atoms with Crippen LogP contribution in [0.4, 0.5) is 0 Å². The summed E-state index contributed by atoms with van der Waals surface area (Å²) in [4.78, 5) is 2.22. The molecule has 1 N–H and O–H groups in total. The Balaban J connectivity index is 1.84. The Labute approximate surface area is 169 Å². The van der Waals surface area contributed by atoms with Crippen molar-refractivity contribution in [3.05, 3.63) is 59.6 Å². The number of morpholine rings is 1. The predicted molar refractivity (Wildman–Crippen MR) is 113 cm³/mol. The second-order valence-corrected chi connectivity index (χ2v) is 7.07. The van der Waals surface area contributed by atoms with Crippen molar-refractivity contribution in [2.24, 2.45) is 0 Å². The van der Waals surface area contributed by atoms with Crippen LogP contribution in [0, 0.1) is 0 Å². The van der Waals surface area contributed by atoms with Crippen LogP contribution in [-0.2, 0) is 14.2 Å². The topological polar surface area (TPSA) is 51.2 Å². The van der Waals surface area contributed by atoms with E-state index in [2.05, 4.69) is 23.6 Å². The number of allylic oxidation sites excluding steroid dienone is 7. The van der Waals surface area contributed by atoms with Gasteiger partial charge >= 0.3 is 0 Å². The van der Waals surface area contributed by atoms with Gasteiger partial charge in [0, 0.05) is 19.6 Å². The summed E-state index contributed by atoms with van der Waals surface area (Å²) in [7, 11) is 1.67. The molecule has 0 aromatic rings. The zero-order chi connectivity index (χ0) is 20.2. The van der Waals surface area contributed by atoms with Crippen LogP contribution in [0.1, 0.15) is 32.6 Å². The van der Waals surface area contributed by atoms with Crippen LogP contribution in [0.2, 0.25) is 0 Å². The molecule has 1 saturated heterocycles. The van der Waals surface area contributed by atoms with Gasteiger partial charge in [-0.3, -0.25) is 4.90 Å². The average molecular weight is 390 g/mol. The van der Waals surface area contributed by atoms with E-state index in [0.29, 0.717) is 13.2 Å². The number of hydrogen-bond donors (Lipinski definition) is 1. The van der Waals surface area contributed by atoms with E-state index < -0.39 is 6.10 Å². The van der Waals surface area contributed by atoms with E-state index in [1.54, 1.807) is 7.11 Å². The maximum absolute atomic E-state index is 10.3. The third-order valence-corrected chi connectivity index (χ3v) is 5.00. The number of methoxy groups -OCH3 is 1. The van der Waals surface area contributed by atoms with Crippen molar-refractivity contribution in [2.45, 2.75) is 38.7 Å². The molecular formula is C23H35NO4. The number of nitrogens with zero attached hydrogens (tertiary/aromatic N) is 1. The van der Waals surface area contributed by atoms with Gasteiger partial charge in [0.05, 0.1) is 20.3 Å². The molecule has 0 aromatic heterocycles. The van der Waals surface area contributed by atoms with Crippen LogP contribution in [0.25, 0.3) is 0 Å². The van der Waals surface area contributed by atoms with Gasteiger partial charge in [-0.25, -0.2) is 0 Å². The third-order valence-electron chi connectivity index (χ3n) is 5.00. The van der Waals surface area contributed by atoms with Crippen LogP contribution >= 0.6 is 0 Å². The average Bonchev–Trinajstić information content (AvgIpc) is 2.74. The lowest BCUT2D eigenvalue weighted by atomic mass is 9.97. The maximum atomic E-state index is 10.3. The number of rotatable bonds is 11. The Bertz CT molecular complexity index is 612. The van der Waals surface area contributed by atoms with Crippen molar-refractivity contribution in [1.82, 2.24) is 4.90 Å². The molecule has 1 aliphatic carbocycles. The van der Waals surface area contributed by atoms with Gasteiger partial charge in [-0.2, -0.15) is 0 Å². The molecule has 156 valence electrons. The summed E-state index contributed by atoms with van der Waals surface area (Å²) < 4.78 is 16.7. The largest absolute Gasteiger partial charge is 0.497 e. The van der Waals surface area contributed by atoms with Gasteiger partial charge in [0.15, 0.2) is 0 Å². The maximum Gasteiger partial charge on any atom is 0.118 e. The van der Waals surface area contributed by atoms with Gasteiger partial charge in [-0.15, -0.1) is 0 Å². The van der Waals surface area contributed by atoms with E-state index in [-0.39, 0.29) is 0 Å². The molecule has 0 bridgehead atoms. The molecular weight excluding hydrogens is 354 g/mol. The van der Waals surface area contributed by atoms with Crippen molar-refractivity contribution >= 4 is 0 Å². The van der Waals surface area contributed by atoms with E-state index in [1.807, 2.05) is 25.2 Å². The molecule has 0 saturated carbocycles. The van der Waals surface area contributed by atoms with Gasteiger partial charge in [0.25, 0.3) is 0 Å². The summed E-state index contributed by atoms with van der Waals surface area (Å²) in [6.07, 6.45) is 13.5. The normalized spacial score (nSPS) is 20.2. The molecule has 2 rings (SSSR count). The molecule has 1 aliphatic heterocycles. The summed E-state index contributed by atoms with van der Waals surface area (Å²) in [5.74, 6) is 1.75. The fraction of sp³-hybridized carbons (Fsp3) is 0.565. The summed E-state index contributed by atoms with van der Waals surface area (Å²) in [6, 6.07) is 0. The minimum absolute atomic E-state index is 0.317. The van der Waals surface area contributed by atoms with E-state index in [4.69, 9.17) is 14.2 Å². The van der Waals surface area contributed by atoms with Gasteiger partial charge in [0.1, 0.15) is 24.2 Å². The highest BCUT2D eigenvalue weighted by atomic mass is 16.5. The molecule has 2 aliphatic rings. The van der Waals surface area contributed by atoms with Crippen molar-refractivity contribution < 1.29 is 19.3 Å². The fourth-order valence-corrected chi connectivity index (χ4v) is 3.36. The van der Waals surface area contributed by atoms with Crippen molar-refractivity contribution in [1.29, 1.82) is 0 Å². The van der Waals surface area contributed by atoms with Crippen LogP contribution < -0.4 is 0 Å². The lowest BCUT2D eigenvalue weighted by molar-refractivity contribution is -0.00284. The molecule has 0 radical (unpaired) electrons. The summed E-state index contributed by atoms with van der Waals surface area (Å²) in [6.45, 7) is 10.0. The first-order chi connectivity index (χ1) is 13.7. The first-order valence-electron chi connectivity index (χ1n) is 10.2. The Hall–Kier alpha value is -1.82. The van der Waals surface area contributed by atoms with Gasteiger partial charge in [-0.1, -0.05) is 18.7 Å². The smallest absolute Gasteiger partial charge is 0.118 e. The molecule has 5 heteroatoms. The number of hydrogen-bond acceptors (Lipinski definition) is 5. The number of aliphatic hydroxyl groups excluding tert-OH is 1. The predicted octanol–water partition coefficient (Wildman–Crippen LogP) is 3.74. The molecule has 1 unspecified atom stereocenters. The number of β-amino-alcohol motifs (C(OH)–C–C–N with tert-alkyl or cyclic N) is 1. The van der Waals surface area contributed by atoms with E-state index >= 15 is 0 Å². The van der Waals surface area contributed by atoms with Gasteiger partial charge in [-0.05, 0) is 62.0 Å². The molecule has 1 fully saturated rings. The van der Waals surface area contributed by atoms with E-state index in [0.717, 1.165) is 69.1 Å². The number of aliphatic hydroxyl groups is 1. The first kappa shape index (κ1) is 22.5. The Kier molecular flexibility index (Phi) is 10.1. The van der Waals surface area contributed by atoms with Crippen LogP contribution in [0.5, 0.6) is 0 Å². The van der Waals surface area contributed by atoms with E-state index in [1.165, 1.54) is 5.57 Å². The molecule has 1 heterocycles. The first-order valence-corrected chi connectivity index (χ1v) is 10.2. The monoisotopic (exact) mass is 389 g/mol. The summed E-state index contributed by atoms with van der Waals surface area (Å²) >= 11 is 0. The Morgan fingerprint density at radius 2 is 2.07 bits per heavy atom. The minimum atomic E-state index is -0.496. The van der Waals surface area contributed by atoms with E-state index in [9.17, 15) is 5.11 Å².